The van der Waals surface area contributed by atoms with Gasteiger partial charge in [-0.2, -0.15) is 0 Å². The summed E-state index contributed by atoms with van der Waals surface area (Å²) in [6, 6.07) is 0. The first-order valence-corrected chi connectivity index (χ1v) is 5.31. The lowest BCUT2D eigenvalue weighted by Gasteiger charge is -2.37. The summed E-state index contributed by atoms with van der Waals surface area (Å²) in [4.78, 5) is 35.6. The largest absolute Gasteiger partial charge is 0.468 e. The van der Waals surface area contributed by atoms with Crippen molar-refractivity contribution in [2.75, 3.05) is 7.11 Å². The zero-order chi connectivity index (χ0) is 13.4. The number of hydrogen-bond donors (Lipinski definition) is 1. The fraction of sp³-hybridized carbons (Fsp3) is 0.583. The molecule has 2 atom stereocenters. The molecule has 17 heavy (non-hydrogen) atoms. The van der Waals surface area contributed by atoms with Crippen LogP contribution in [0.5, 0.6) is 0 Å². The highest BCUT2D eigenvalue weighted by Crippen LogP contribution is 2.40. The summed E-state index contributed by atoms with van der Waals surface area (Å²) in [6.07, 6.45) is 0.111. The number of Topliss-reactive ketones (excluding diaryl/α,β-unsaturated/α-hetero) is 2. The lowest BCUT2D eigenvalue weighted by Crippen LogP contribution is -2.50. The van der Waals surface area contributed by atoms with E-state index in [2.05, 4.69) is 11.3 Å². The van der Waals surface area contributed by atoms with Crippen molar-refractivity contribution in [3.8, 4) is 0 Å². The SMILES string of the molecule is C=C(N)C1C(=O)CC(C)(C)C(C(=O)OC)C1=O. The van der Waals surface area contributed by atoms with Crippen molar-refractivity contribution < 1.29 is 19.1 Å². The van der Waals surface area contributed by atoms with Gasteiger partial charge < -0.3 is 10.5 Å². The Morgan fingerprint density at radius 3 is 2.41 bits per heavy atom. The predicted molar refractivity (Wildman–Crippen MR) is 60.7 cm³/mol. The fourth-order valence-electron chi connectivity index (χ4n) is 2.31. The summed E-state index contributed by atoms with van der Waals surface area (Å²) in [5, 5.41) is 0. The monoisotopic (exact) mass is 239 g/mol. The number of carbonyl (C=O) groups excluding carboxylic acids is 3. The number of rotatable bonds is 2. The van der Waals surface area contributed by atoms with Gasteiger partial charge in [-0.15, -0.1) is 0 Å². The first-order valence-electron chi connectivity index (χ1n) is 5.31. The van der Waals surface area contributed by atoms with Gasteiger partial charge in [0.2, 0.25) is 0 Å². The van der Waals surface area contributed by atoms with Gasteiger partial charge in [-0.3, -0.25) is 14.4 Å². The van der Waals surface area contributed by atoms with E-state index < -0.39 is 29.0 Å². The minimum atomic E-state index is -1.08. The van der Waals surface area contributed by atoms with Crippen LogP contribution in [-0.4, -0.2) is 24.6 Å². The number of nitrogens with two attached hydrogens (primary N) is 1. The average Bonchev–Trinajstić information content (AvgIpc) is 2.13. The molecule has 0 spiro atoms. The molecule has 94 valence electrons. The van der Waals surface area contributed by atoms with Crippen LogP contribution < -0.4 is 5.73 Å². The van der Waals surface area contributed by atoms with Gasteiger partial charge >= 0.3 is 5.97 Å². The third-order valence-electron chi connectivity index (χ3n) is 3.11. The number of hydrogen-bond acceptors (Lipinski definition) is 5. The standard InChI is InChI=1S/C12H17NO4/c1-6(13)8-7(14)5-12(2,3)9(10(8)15)11(16)17-4/h8-9H,1,5,13H2,2-4H3. The maximum atomic E-state index is 12.1. The summed E-state index contributed by atoms with van der Waals surface area (Å²) in [5.74, 6) is -3.46. The van der Waals surface area contributed by atoms with Gasteiger partial charge in [0.15, 0.2) is 5.78 Å². The number of esters is 1. The topological polar surface area (TPSA) is 86.5 Å². The molecule has 0 saturated heterocycles. The van der Waals surface area contributed by atoms with Crippen molar-refractivity contribution in [3.63, 3.8) is 0 Å². The first kappa shape index (κ1) is 13.4. The molecule has 0 amide bonds. The maximum absolute atomic E-state index is 12.1. The predicted octanol–water partition coefficient (Wildman–Crippen LogP) is 0.432. The van der Waals surface area contributed by atoms with Crippen LogP contribution in [0.1, 0.15) is 20.3 Å². The lowest BCUT2D eigenvalue weighted by molar-refractivity contribution is -0.159. The molecule has 0 aliphatic heterocycles. The zero-order valence-corrected chi connectivity index (χ0v) is 10.3. The van der Waals surface area contributed by atoms with Gasteiger partial charge in [0.25, 0.3) is 0 Å². The highest BCUT2D eigenvalue weighted by molar-refractivity contribution is 6.15. The molecular weight excluding hydrogens is 222 g/mol. The van der Waals surface area contributed by atoms with Crippen LogP contribution in [0.15, 0.2) is 12.3 Å². The molecule has 5 heteroatoms. The van der Waals surface area contributed by atoms with Crippen molar-refractivity contribution in [3.05, 3.63) is 12.3 Å². The molecular formula is C12H17NO4. The second kappa shape index (κ2) is 4.31. The molecule has 0 heterocycles. The van der Waals surface area contributed by atoms with E-state index in [1.165, 1.54) is 7.11 Å². The normalized spacial score (nSPS) is 27.7. The van der Waals surface area contributed by atoms with Crippen LogP contribution >= 0.6 is 0 Å². The lowest BCUT2D eigenvalue weighted by atomic mass is 9.63. The van der Waals surface area contributed by atoms with Gasteiger partial charge in [0.05, 0.1) is 7.11 Å². The smallest absolute Gasteiger partial charge is 0.316 e. The Hall–Kier alpha value is -1.65. The molecule has 0 radical (unpaired) electrons. The van der Waals surface area contributed by atoms with E-state index in [1.807, 2.05) is 0 Å². The Bertz CT molecular complexity index is 397. The quantitative estimate of drug-likeness (QED) is 0.558. The highest BCUT2D eigenvalue weighted by Gasteiger charge is 2.52. The second-order valence-corrected chi connectivity index (χ2v) is 5.00. The first-order chi connectivity index (χ1) is 7.72. The van der Waals surface area contributed by atoms with E-state index >= 15 is 0 Å². The van der Waals surface area contributed by atoms with Crippen LogP contribution in [0.25, 0.3) is 0 Å². The van der Waals surface area contributed by atoms with E-state index in [0.717, 1.165) is 0 Å². The number of allylic oxidation sites excluding steroid dienone is 1. The molecule has 0 aromatic carbocycles. The summed E-state index contributed by atoms with van der Waals surface area (Å²) in [7, 11) is 1.22. The minimum absolute atomic E-state index is 0.00981. The molecule has 0 aromatic rings. The Kier molecular flexibility index (Phi) is 3.40. The molecule has 1 fully saturated rings. The number of carbonyl (C=O) groups is 3. The minimum Gasteiger partial charge on any atom is -0.468 e. The highest BCUT2D eigenvalue weighted by atomic mass is 16.5. The third-order valence-corrected chi connectivity index (χ3v) is 3.11. The average molecular weight is 239 g/mol. The number of ether oxygens (including phenoxy) is 1. The Morgan fingerprint density at radius 2 is 2.00 bits per heavy atom. The van der Waals surface area contributed by atoms with Gasteiger partial charge in [0.1, 0.15) is 17.6 Å². The molecule has 1 aliphatic rings. The van der Waals surface area contributed by atoms with Crippen LogP contribution in [-0.2, 0) is 19.1 Å². The summed E-state index contributed by atoms with van der Waals surface area (Å²) in [5.41, 5.74) is 4.70. The summed E-state index contributed by atoms with van der Waals surface area (Å²) >= 11 is 0. The molecule has 1 saturated carbocycles. The molecule has 1 aliphatic carbocycles. The Morgan fingerprint density at radius 1 is 1.47 bits per heavy atom. The zero-order valence-electron chi connectivity index (χ0n) is 10.3. The molecule has 2 unspecified atom stereocenters. The van der Waals surface area contributed by atoms with Gasteiger partial charge in [0, 0.05) is 12.1 Å². The van der Waals surface area contributed by atoms with E-state index in [1.54, 1.807) is 13.8 Å². The number of ketones is 2. The van der Waals surface area contributed by atoms with Crippen molar-refractivity contribution in [2.24, 2.45) is 23.0 Å². The van der Waals surface area contributed by atoms with Crippen molar-refractivity contribution in [2.45, 2.75) is 20.3 Å². The van der Waals surface area contributed by atoms with Gasteiger partial charge in [-0.25, -0.2) is 0 Å². The molecule has 5 nitrogen and oxygen atoms in total. The van der Waals surface area contributed by atoms with E-state index in [0.29, 0.717) is 0 Å². The maximum Gasteiger partial charge on any atom is 0.316 e. The second-order valence-electron chi connectivity index (χ2n) is 5.00. The van der Waals surface area contributed by atoms with E-state index in [9.17, 15) is 14.4 Å². The summed E-state index contributed by atoms with van der Waals surface area (Å²) < 4.78 is 4.62. The number of methoxy groups -OCH3 is 1. The van der Waals surface area contributed by atoms with Gasteiger partial charge in [-0.05, 0) is 5.41 Å². The molecule has 2 N–H and O–H groups in total. The Balaban J connectivity index is 3.18. The molecule has 0 bridgehead atoms. The Labute approximate surface area is 100.0 Å². The molecule has 0 aromatic heterocycles. The van der Waals surface area contributed by atoms with E-state index in [-0.39, 0.29) is 17.9 Å². The van der Waals surface area contributed by atoms with Crippen molar-refractivity contribution in [1.29, 1.82) is 0 Å². The fourth-order valence-corrected chi connectivity index (χ4v) is 2.31. The van der Waals surface area contributed by atoms with E-state index in [4.69, 9.17) is 5.73 Å². The molecule has 1 rings (SSSR count). The van der Waals surface area contributed by atoms with Crippen LogP contribution in [0.4, 0.5) is 0 Å². The third kappa shape index (κ3) is 2.23. The van der Waals surface area contributed by atoms with Crippen LogP contribution in [0, 0.1) is 17.3 Å². The van der Waals surface area contributed by atoms with Crippen molar-refractivity contribution >= 4 is 17.5 Å². The van der Waals surface area contributed by atoms with Crippen LogP contribution in [0.2, 0.25) is 0 Å². The van der Waals surface area contributed by atoms with Crippen molar-refractivity contribution in [1.82, 2.24) is 0 Å². The van der Waals surface area contributed by atoms with Gasteiger partial charge in [-0.1, -0.05) is 20.4 Å². The summed E-state index contributed by atoms with van der Waals surface area (Å²) in [6.45, 7) is 6.82. The van der Waals surface area contributed by atoms with Crippen LogP contribution in [0.3, 0.4) is 0 Å².